The van der Waals surface area contributed by atoms with E-state index in [2.05, 4.69) is 15.1 Å². The smallest absolute Gasteiger partial charge is 0.243 e. The van der Waals surface area contributed by atoms with Gasteiger partial charge in [-0.2, -0.15) is 4.31 Å². The van der Waals surface area contributed by atoms with E-state index in [0.29, 0.717) is 55.8 Å². The highest BCUT2D eigenvalue weighted by Gasteiger charge is 2.31. The molecule has 0 aliphatic carbocycles. The quantitative estimate of drug-likeness (QED) is 0.792. The monoisotopic (exact) mass is 378 g/mol. The number of nitrogens with zero attached hydrogens (tertiary/aromatic N) is 4. The number of hydrogen-bond acceptors (Lipinski definition) is 6. The number of aromatic nitrogens is 2. The number of rotatable bonds is 5. The van der Waals surface area contributed by atoms with Crippen molar-refractivity contribution in [1.82, 2.24) is 19.4 Å². The molecule has 1 aliphatic heterocycles. The highest BCUT2D eigenvalue weighted by atomic mass is 32.2. The molecule has 8 heteroatoms. The van der Waals surface area contributed by atoms with E-state index in [4.69, 9.17) is 4.42 Å². The van der Waals surface area contributed by atoms with Gasteiger partial charge in [0.05, 0.1) is 11.4 Å². The third kappa shape index (κ3) is 3.82. The molecule has 1 saturated heterocycles. The first-order valence-electron chi connectivity index (χ1n) is 8.93. The van der Waals surface area contributed by atoms with E-state index in [1.807, 2.05) is 39.8 Å². The van der Waals surface area contributed by atoms with Crippen LogP contribution in [0.25, 0.3) is 0 Å². The molecule has 3 rings (SSSR count). The van der Waals surface area contributed by atoms with Crippen LogP contribution in [0.3, 0.4) is 0 Å². The van der Waals surface area contributed by atoms with Crippen LogP contribution in [0.5, 0.6) is 0 Å². The fraction of sp³-hybridized carbons (Fsp3) is 0.556. The van der Waals surface area contributed by atoms with Gasteiger partial charge in [-0.15, -0.1) is 10.2 Å². The third-order valence-electron chi connectivity index (χ3n) is 4.70. The van der Waals surface area contributed by atoms with Crippen molar-refractivity contribution in [2.24, 2.45) is 0 Å². The Morgan fingerprint density at radius 2 is 1.58 bits per heavy atom. The van der Waals surface area contributed by atoms with Crippen LogP contribution in [0.1, 0.15) is 35.4 Å². The van der Waals surface area contributed by atoms with Crippen molar-refractivity contribution >= 4 is 10.0 Å². The summed E-state index contributed by atoms with van der Waals surface area (Å²) < 4.78 is 33.4. The lowest BCUT2D eigenvalue weighted by Gasteiger charge is -2.33. The highest BCUT2D eigenvalue weighted by Crippen LogP contribution is 2.26. The molecule has 0 unspecified atom stereocenters. The fourth-order valence-corrected chi connectivity index (χ4v) is 5.35. The minimum absolute atomic E-state index is 0.445. The zero-order valence-corrected chi connectivity index (χ0v) is 16.6. The zero-order chi connectivity index (χ0) is 18.9. The summed E-state index contributed by atoms with van der Waals surface area (Å²) in [6.45, 7) is 10.5. The summed E-state index contributed by atoms with van der Waals surface area (Å²) in [6, 6.07) is 3.86. The maximum atomic E-state index is 13.1. The molecule has 7 nitrogen and oxygen atoms in total. The molecule has 0 atom stereocenters. The second-order valence-corrected chi connectivity index (χ2v) is 8.73. The van der Waals surface area contributed by atoms with Crippen LogP contribution >= 0.6 is 0 Å². The Morgan fingerprint density at radius 3 is 2.12 bits per heavy atom. The minimum Gasteiger partial charge on any atom is -0.424 e. The Kier molecular flexibility index (Phi) is 5.45. The molecule has 1 aliphatic rings. The van der Waals surface area contributed by atoms with Crippen molar-refractivity contribution in [2.45, 2.75) is 45.6 Å². The Hall–Kier alpha value is -1.77. The summed E-state index contributed by atoms with van der Waals surface area (Å²) in [5.74, 6) is 1.22. The molecular weight excluding hydrogens is 352 g/mol. The Labute approximate surface area is 155 Å². The molecule has 26 heavy (non-hydrogen) atoms. The van der Waals surface area contributed by atoms with E-state index in [0.717, 1.165) is 16.7 Å². The van der Waals surface area contributed by atoms with Crippen LogP contribution in [-0.4, -0.2) is 54.0 Å². The SMILES string of the molecule is CCc1nnc(CN2CCN(S(=O)(=O)c3c(C)cc(C)cc3C)CC2)o1. The lowest BCUT2D eigenvalue weighted by molar-refractivity contribution is 0.167. The van der Waals surface area contributed by atoms with Crippen molar-refractivity contribution in [1.29, 1.82) is 0 Å². The van der Waals surface area contributed by atoms with Gasteiger partial charge in [0.1, 0.15) is 0 Å². The summed E-state index contributed by atoms with van der Waals surface area (Å²) in [4.78, 5) is 2.59. The van der Waals surface area contributed by atoms with Gasteiger partial charge in [0.25, 0.3) is 0 Å². The Balaban J connectivity index is 1.69. The molecular formula is C18H26N4O3S. The van der Waals surface area contributed by atoms with Crippen molar-refractivity contribution in [2.75, 3.05) is 26.2 Å². The van der Waals surface area contributed by atoms with E-state index in [1.165, 1.54) is 0 Å². The predicted octanol–water partition coefficient (Wildman–Crippen LogP) is 2.06. The van der Waals surface area contributed by atoms with Gasteiger partial charge in [-0.05, 0) is 31.9 Å². The average Bonchev–Trinajstić information content (AvgIpc) is 3.01. The van der Waals surface area contributed by atoms with Gasteiger partial charge in [0.2, 0.25) is 21.8 Å². The standard InChI is InChI=1S/C18H26N4O3S/c1-5-16-19-20-17(25-16)12-21-6-8-22(9-7-21)26(23,24)18-14(3)10-13(2)11-15(18)4/h10-11H,5-9,12H2,1-4H3. The minimum atomic E-state index is -3.48. The first-order chi connectivity index (χ1) is 12.3. The van der Waals surface area contributed by atoms with Gasteiger partial charge in [-0.3, -0.25) is 4.90 Å². The number of benzene rings is 1. The molecule has 0 bridgehead atoms. The fourth-order valence-electron chi connectivity index (χ4n) is 3.52. The van der Waals surface area contributed by atoms with E-state index in [-0.39, 0.29) is 0 Å². The maximum Gasteiger partial charge on any atom is 0.243 e. The van der Waals surface area contributed by atoms with Crippen LogP contribution in [-0.2, 0) is 23.0 Å². The van der Waals surface area contributed by atoms with Crippen LogP contribution < -0.4 is 0 Å². The van der Waals surface area contributed by atoms with Crippen LogP contribution in [0, 0.1) is 20.8 Å². The largest absolute Gasteiger partial charge is 0.424 e. The molecule has 142 valence electrons. The first kappa shape index (κ1) is 19.0. The van der Waals surface area contributed by atoms with Crippen molar-refractivity contribution in [3.63, 3.8) is 0 Å². The van der Waals surface area contributed by atoms with Crippen molar-refractivity contribution in [3.05, 3.63) is 40.6 Å². The molecule has 0 radical (unpaired) electrons. The lowest BCUT2D eigenvalue weighted by Crippen LogP contribution is -2.48. The number of hydrogen-bond donors (Lipinski definition) is 0. The van der Waals surface area contributed by atoms with Gasteiger partial charge >= 0.3 is 0 Å². The van der Waals surface area contributed by atoms with Crippen LogP contribution in [0.15, 0.2) is 21.4 Å². The summed E-state index contributed by atoms with van der Waals surface area (Å²) >= 11 is 0. The van der Waals surface area contributed by atoms with Crippen molar-refractivity contribution < 1.29 is 12.8 Å². The summed E-state index contributed by atoms with van der Waals surface area (Å²) in [6.07, 6.45) is 0.717. The summed E-state index contributed by atoms with van der Waals surface area (Å²) in [5.41, 5.74) is 2.69. The summed E-state index contributed by atoms with van der Waals surface area (Å²) in [5, 5.41) is 8.01. The van der Waals surface area contributed by atoms with Gasteiger partial charge in [-0.25, -0.2) is 8.42 Å². The lowest BCUT2D eigenvalue weighted by atomic mass is 10.1. The van der Waals surface area contributed by atoms with Crippen LogP contribution in [0.2, 0.25) is 0 Å². The molecule has 0 amide bonds. The van der Waals surface area contributed by atoms with Gasteiger partial charge in [0, 0.05) is 32.6 Å². The number of aryl methyl sites for hydroxylation is 4. The third-order valence-corrected chi connectivity index (χ3v) is 6.91. The highest BCUT2D eigenvalue weighted by molar-refractivity contribution is 7.89. The van der Waals surface area contributed by atoms with Crippen LogP contribution in [0.4, 0.5) is 0 Å². The molecule has 0 N–H and O–H groups in total. The molecule has 2 aromatic rings. The van der Waals surface area contributed by atoms with E-state index in [9.17, 15) is 8.42 Å². The predicted molar refractivity (Wildman–Crippen MR) is 98.4 cm³/mol. The van der Waals surface area contributed by atoms with Gasteiger partial charge in [0.15, 0.2) is 0 Å². The first-order valence-corrected chi connectivity index (χ1v) is 10.4. The number of piperazine rings is 1. The van der Waals surface area contributed by atoms with E-state index in [1.54, 1.807) is 4.31 Å². The Morgan fingerprint density at radius 1 is 1.00 bits per heavy atom. The molecule has 1 fully saturated rings. The maximum absolute atomic E-state index is 13.1. The number of sulfonamides is 1. The average molecular weight is 378 g/mol. The second kappa shape index (κ2) is 7.46. The Bertz CT molecular complexity index is 861. The van der Waals surface area contributed by atoms with Gasteiger partial charge in [-0.1, -0.05) is 24.6 Å². The molecule has 0 spiro atoms. The molecule has 1 aromatic carbocycles. The second-order valence-electron chi connectivity index (χ2n) is 6.85. The zero-order valence-electron chi connectivity index (χ0n) is 15.8. The molecule has 2 heterocycles. The van der Waals surface area contributed by atoms with E-state index >= 15 is 0 Å². The normalized spacial score (nSPS) is 16.9. The summed E-state index contributed by atoms with van der Waals surface area (Å²) in [7, 11) is -3.48. The molecule has 1 aromatic heterocycles. The molecule has 0 saturated carbocycles. The van der Waals surface area contributed by atoms with E-state index < -0.39 is 10.0 Å². The van der Waals surface area contributed by atoms with Gasteiger partial charge < -0.3 is 4.42 Å². The topological polar surface area (TPSA) is 79.5 Å². The van der Waals surface area contributed by atoms with Crippen molar-refractivity contribution in [3.8, 4) is 0 Å².